The molecule has 0 aliphatic carbocycles. The molecule has 1 fully saturated rings. The lowest BCUT2D eigenvalue weighted by molar-refractivity contribution is 0.0693. The molecule has 0 aromatic carbocycles. The van der Waals surface area contributed by atoms with E-state index in [1.165, 1.54) is 0 Å². The SMILES string of the molecule is O=C(O)c1c(I)nn2c1CNC1COCC12. The molecule has 0 amide bonds. The number of carboxylic acid groups (broad SMARTS) is 1. The smallest absolute Gasteiger partial charge is 0.340 e. The number of fused-ring (bicyclic) bond motifs is 3. The predicted octanol–water partition coefficient (Wildman–Crippen LogP) is 0.229. The Balaban J connectivity index is 2.11. The molecule has 2 atom stereocenters. The van der Waals surface area contributed by atoms with Crippen molar-refractivity contribution in [3.63, 3.8) is 0 Å². The number of carbonyl (C=O) groups is 1. The van der Waals surface area contributed by atoms with Crippen molar-refractivity contribution < 1.29 is 14.6 Å². The molecule has 1 aromatic rings. The van der Waals surface area contributed by atoms with Crippen LogP contribution >= 0.6 is 22.6 Å². The highest BCUT2D eigenvalue weighted by atomic mass is 127. The summed E-state index contributed by atoms with van der Waals surface area (Å²) in [5, 5.41) is 16.7. The van der Waals surface area contributed by atoms with Crippen LogP contribution in [0.5, 0.6) is 0 Å². The Hall–Kier alpha value is -0.670. The van der Waals surface area contributed by atoms with E-state index >= 15 is 0 Å². The van der Waals surface area contributed by atoms with Gasteiger partial charge in [0.15, 0.2) is 0 Å². The van der Waals surface area contributed by atoms with Gasteiger partial charge in [0.1, 0.15) is 9.26 Å². The molecule has 0 spiro atoms. The van der Waals surface area contributed by atoms with Gasteiger partial charge in [-0.2, -0.15) is 5.10 Å². The third-order valence-corrected chi connectivity index (χ3v) is 3.83. The molecule has 2 aliphatic rings. The zero-order chi connectivity index (χ0) is 11.3. The molecule has 6 nitrogen and oxygen atoms in total. The van der Waals surface area contributed by atoms with Crippen molar-refractivity contribution in [2.75, 3.05) is 13.2 Å². The van der Waals surface area contributed by atoms with E-state index in [1.54, 1.807) is 0 Å². The number of carboxylic acids is 1. The van der Waals surface area contributed by atoms with Crippen molar-refractivity contribution in [2.45, 2.75) is 18.6 Å². The van der Waals surface area contributed by atoms with Gasteiger partial charge in [-0.25, -0.2) is 4.79 Å². The first-order chi connectivity index (χ1) is 7.68. The second kappa shape index (κ2) is 3.67. The molecule has 86 valence electrons. The van der Waals surface area contributed by atoms with Crippen molar-refractivity contribution in [3.8, 4) is 0 Å². The minimum atomic E-state index is -0.912. The fourth-order valence-corrected chi connectivity index (χ4v) is 3.08. The van der Waals surface area contributed by atoms with Gasteiger partial charge in [0, 0.05) is 6.54 Å². The Kier molecular flexibility index (Phi) is 2.41. The summed E-state index contributed by atoms with van der Waals surface area (Å²) in [6.07, 6.45) is 0. The second-order valence-electron chi connectivity index (χ2n) is 3.95. The maximum Gasteiger partial charge on any atom is 0.340 e. The highest BCUT2D eigenvalue weighted by Gasteiger charge is 2.37. The van der Waals surface area contributed by atoms with Crippen LogP contribution in [0.4, 0.5) is 0 Å². The highest BCUT2D eigenvalue weighted by Crippen LogP contribution is 2.29. The molecule has 3 heterocycles. The minimum Gasteiger partial charge on any atom is -0.478 e. The summed E-state index contributed by atoms with van der Waals surface area (Å²) in [7, 11) is 0. The third-order valence-electron chi connectivity index (χ3n) is 3.08. The zero-order valence-electron chi connectivity index (χ0n) is 8.31. The van der Waals surface area contributed by atoms with E-state index in [-0.39, 0.29) is 12.1 Å². The van der Waals surface area contributed by atoms with Crippen LogP contribution < -0.4 is 5.32 Å². The standard InChI is InChI=1S/C9H10IN3O3/c10-8-7(9(14)15)5-1-11-4-2-16-3-6(4)13(5)12-8/h4,6,11H,1-3H2,(H,14,15). The lowest BCUT2D eigenvalue weighted by Crippen LogP contribution is -2.42. The van der Waals surface area contributed by atoms with Gasteiger partial charge in [0.05, 0.1) is 31.0 Å². The molecule has 2 unspecified atom stereocenters. The molecule has 0 bridgehead atoms. The number of hydrogen-bond donors (Lipinski definition) is 2. The average molecular weight is 335 g/mol. The number of aromatic carboxylic acids is 1. The summed E-state index contributed by atoms with van der Waals surface area (Å²) >= 11 is 1.97. The largest absolute Gasteiger partial charge is 0.478 e. The summed E-state index contributed by atoms with van der Waals surface area (Å²) in [5.41, 5.74) is 1.07. The molecule has 2 aliphatic heterocycles. The molecule has 16 heavy (non-hydrogen) atoms. The average Bonchev–Trinajstić information content (AvgIpc) is 2.78. The van der Waals surface area contributed by atoms with Crippen LogP contribution in [0.15, 0.2) is 0 Å². The summed E-state index contributed by atoms with van der Waals surface area (Å²) < 4.78 is 7.75. The normalized spacial score (nSPS) is 27.6. The molecule has 7 heteroatoms. The van der Waals surface area contributed by atoms with E-state index in [0.717, 1.165) is 5.69 Å². The second-order valence-corrected chi connectivity index (χ2v) is 4.98. The Morgan fingerprint density at radius 3 is 3.19 bits per heavy atom. The van der Waals surface area contributed by atoms with Crippen LogP contribution in [0.1, 0.15) is 22.1 Å². The van der Waals surface area contributed by atoms with Gasteiger partial charge >= 0.3 is 5.97 Å². The Morgan fingerprint density at radius 1 is 1.62 bits per heavy atom. The van der Waals surface area contributed by atoms with Crippen molar-refractivity contribution >= 4 is 28.6 Å². The van der Waals surface area contributed by atoms with Gasteiger partial charge in [-0.3, -0.25) is 4.68 Å². The number of halogens is 1. The molecule has 3 rings (SSSR count). The maximum atomic E-state index is 11.1. The van der Waals surface area contributed by atoms with E-state index in [0.29, 0.717) is 29.0 Å². The number of aromatic nitrogens is 2. The van der Waals surface area contributed by atoms with Crippen molar-refractivity contribution in [2.24, 2.45) is 0 Å². The first-order valence-electron chi connectivity index (χ1n) is 5.00. The van der Waals surface area contributed by atoms with E-state index in [2.05, 4.69) is 10.4 Å². The monoisotopic (exact) mass is 335 g/mol. The summed E-state index contributed by atoms with van der Waals surface area (Å²) in [6, 6.07) is 0.384. The summed E-state index contributed by atoms with van der Waals surface area (Å²) in [5.74, 6) is -0.912. The first-order valence-corrected chi connectivity index (χ1v) is 6.07. The lowest BCUT2D eigenvalue weighted by atomic mass is 10.1. The van der Waals surface area contributed by atoms with Gasteiger partial charge in [0.25, 0.3) is 0 Å². The van der Waals surface area contributed by atoms with Gasteiger partial charge in [-0.05, 0) is 22.6 Å². The van der Waals surface area contributed by atoms with Crippen LogP contribution in [-0.4, -0.2) is 40.1 Å². The van der Waals surface area contributed by atoms with Crippen LogP contribution in [0.3, 0.4) is 0 Å². The lowest BCUT2D eigenvalue weighted by Gasteiger charge is -2.27. The van der Waals surface area contributed by atoms with Crippen LogP contribution in [-0.2, 0) is 11.3 Å². The Labute approximate surface area is 105 Å². The zero-order valence-corrected chi connectivity index (χ0v) is 10.5. The minimum absolute atomic E-state index is 0.130. The van der Waals surface area contributed by atoms with Crippen LogP contribution in [0.25, 0.3) is 0 Å². The molecule has 1 saturated heterocycles. The van der Waals surface area contributed by atoms with Crippen molar-refractivity contribution in [1.29, 1.82) is 0 Å². The number of ether oxygens (including phenoxy) is 1. The highest BCUT2D eigenvalue weighted by molar-refractivity contribution is 14.1. The van der Waals surface area contributed by atoms with Crippen LogP contribution in [0.2, 0.25) is 0 Å². The van der Waals surface area contributed by atoms with Gasteiger partial charge in [0.2, 0.25) is 0 Å². The van der Waals surface area contributed by atoms with E-state index in [4.69, 9.17) is 9.84 Å². The number of rotatable bonds is 1. The molecule has 1 aromatic heterocycles. The summed E-state index contributed by atoms with van der Waals surface area (Å²) in [4.78, 5) is 11.1. The van der Waals surface area contributed by atoms with Gasteiger partial charge < -0.3 is 15.2 Å². The Bertz CT molecular complexity index is 459. The Morgan fingerprint density at radius 2 is 2.44 bits per heavy atom. The number of hydrogen-bond acceptors (Lipinski definition) is 4. The van der Waals surface area contributed by atoms with Gasteiger partial charge in [-0.1, -0.05) is 0 Å². The fourth-order valence-electron chi connectivity index (χ4n) is 2.30. The number of nitrogens with one attached hydrogen (secondary N) is 1. The predicted molar refractivity (Wildman–Crippen MR) is 62.4 cm³/mol. The molecular weight excluding hydrogens is 325 g/mol. The molecular formula is C9H10IN3O3. The third kappa shape index (κ3) is 1.38. The quantitative estimate of drug-likeness (QED) is 0.719. The fraction of sp³-hybridized carbons (Fsp3) is 0.556. The van der Waals surface area contributed by atoms with Crippen molar-refractivity contribution in [3.05, 3.63) is 15.0 Å². The maximum absolute atomic E-state index is 11.1. The van der Waals surface area contributed by atoms with E-state index in [9.17, 15) is 4.79 Å². The molecule has 0 saturated carbocycles. The number of nitrogens with zero attached hydrogens (tertiary/aromatic N) is 2. The molecule has 0 radical (unpaired) electrons. The van der Waals surface area contributed by atoms with E-state index < -0.39 is 5.97 Å². The van der Waals surface area contributed by atoms with Crippen LogP contribution in [0, 0.1) is 3.70 Å². The van der Waals surface area contributed by atoms with Gasteiger partial charge in [-0.15, -0.1) is 0 Å². The molecule has 2 N–H and O–H groups in total. The topological polar surface area (TPSA) is 76.4 Å². The van der Waals surface area contributed by atoms with Crippen molar-refractivity contribution in [1.82, 2.24) is 15.1 Å². The van der Waals surface area contributed by atoms with E-state index in [1.807, 2.05) is 27.3 Å². The first kappa shape index (κ1) is 10.5. The summed E-state index contributed by atoms with van der Waals surface area (Å²) in [6.45, 7) is 1.81.